The molecule has 0 aromatic heterocycles. The number of carbonyl (C=O) groups excluding carboxylic acids is 1. The number of alkyl halides is 3. The van der Waals surface area contributed by atoms with Crippen LogP contribution in [-0.2, 0) is 4.79 Å². The van der Waals surface area contributed by atoms with Crippen LogP contribution in [-0.4, -0.2) is 44.2 Å². The molecule has 0 heterocycles. The number of rotatable bonds is 3. The van der Waals surface area contributed by atoms with E-state index >= 15 is 0 Å². The van der Waals surface area contributed by atoms with Crippen molar-refractivity contribution in [1.82, 2.24) is 10.2 Å². The fraction of sp³-hybridized carbons (Fsp3) is 0.875. The Hall–Kier alpha value is -0.780. The van der Waals surface area contributed by atoms with Crippen molar-refractivity contribution in [3.05, 3.63) is 0 Å². The van der Waals surface area contributed by atoms with E-state index in [9.17, 15) is 18.0 Å². The predicted octanol–water partition coefficient (Wildman–Crippen LogP) is 1.25. The normalized spacial score (nSPS) is 10.6. The van der Waals surface area contributed by atoms with Gasteiger partial charge >= 0.3 is 12.1 Å². The molecule has 0 atom stereocenters. The lowest BCUT2D eigenvalue weighted by molar-refractivity contribution is -0.173. The molecule has 0 aromatic carbocycles. The van der Waals surface area contributed by atoms with Gasteiger partial charge in [0.15, 0.2) is 0 Å². The van der Waals surface area contributed by atoms with Crippen molar-refractivity contribution in [2.24, 2.45) is 0 Å². The largest absolute Gasteiger partial charge is 0.471 e. The Morgan fingerprint density at radius 2 is 1.71 bits per heavy atom. The van der Waals surface area contributed by atoms with E-state index in [0.717, 1.165) is 0 Å². The number of carbonyl (C=O) groups is 1. The monoisotopic (exact) mass is 214 g/mol. The molecule has 0 aliphatic carbocycles. The fourth-order valence-electron chi connectivity index (χ4n) is 0.493. The second kappa shape index (κ2) is 7.61. The fourth-order valence-corrected chi connectivity index (χ4v) is 0.493. The Morgan fingerprint density at radius 1 is 1.29 bits per heavy atom. The van der Waals surface area contributed by atoms with Gasteiger partial charge in [-0.15, -0.1) is 0 Å². The van der Waals surface area contributed by atoms with Crippen molar-refractivity contribution >= 4 is 5.91 Å². The molecule has 14 heavy (non-hydrogen) atoms. The van der Waals surface area contributed by atoms with Crippen molar-refractivity contribution in [3.8, 4) is 0 Å². The van der Waals surface area contributed by atoms with Gasteiger partial charge in [0, 0.05) is 13.1 Å². The molecule has 6 heteroatoms. The minimum Gasteiger partial charge on any atom is -0.347 e. The van der Waals surface area contributed by atoms with E-state index < -0.39 is 12.1 Å². The Balaban J connectivity index is 0. The van der Waals surface area contributed by atoms with Gasteiger partial charge in [-0.05, 0) is 14.1 Å². The molecule has 0 aliphatic rings. The van der Waals surface area contributed by atoms with E-state index in [1.165, 1.54) is 0 Å². The topological polar surface area (TPSA) is 32.3 Å². The molecule has 0 aliphatic heterocycles. The van der Waals surface area contributed by atoms with Gasteiger partial charge in [-0.1, -0.05) is 13.8 Å². The number of hydrogen-bond acceptors (Lipinski definition) is 2. The van der Waals surface area contributed by atoms with Crippen LogP contribution in [0.3, 0.4) is 0 Å². The third-order valence-electron chi connectivity index (χ3n) is 1.10. The standard InChI is InChI=1S/C6H11F3N2O.C2H6/c1-11(2)4-3-10-5(12)6(7,8)9;1-2/h3-4H2,1-2H3,(H,10,12);1-2H3. The molecule has 0 aromatic rings. The molecule has 0 saturated carbocycles. The molecule has 86 valence electrons. The summed E-state index contributed by atoms with van der Waals surface area (Å²) < 4.78 is 34.6. The van der Waals surface area contributed by atoms with Gasteiger partial charge in [-0.3, -0.25) is 4.79 Å². The second-order valence-corrected chi connectivity index (χ2v) is 2.56. The van der Waals surface area contributed by atoms with Crippen molar-refractivity contribution in [2.75, 3.05) is 27.2 Å². The van der Waals surface area contributed by atoms with Gasteiger partial charge in [-0.25, -0.2) is 0 Å². The first kappa shape index (κ1) is 15.7. The first-order valence-electron chi connectivity index (χ1n) is 4.34. The minimum atomic E-state index is -4.77. The van der Waals surface area contributed by atoms with Crippen LogP contribution < -0.4 is 5.32 Å². The van der Waals surface area contributed by atoms with Crippen molar-refractivity contribution in [2.45, 2.75) is 20.0 Å². The molecule has 0 rings (SSSR count). The van der Waals surface area contributed by atoms with Crippen LogP contribution in [0, 0.1) is 0 Å². The minimum absolute atomic E-state index is 0.00530. The molecule has 1 N–H and O–H groups in total. The highest BCUT2D eigenvalue weighted by Crippen LogP contribution is 2.13. The van der Waals surface area contributed by atoms with E-state index in [1.54, 1.807) is 24.3 Å². The van der Waals surface area contributed by atoms with E-state index in [1.807, 2.05) is 13.8 Å². The first-order valence-corrected chi connectivity index (χ1v) is 4.34. The van der Waals surface area contributed by atoms with E-state index in [4.69, 9.17) is 0 Å². The zero-order chi connectivity index (χ0) is 11.8. The maximum absolute atomic E-state index is 11.5. The zero-order valence-corrected chi connectivity index (χ0v) is 8.90. The third kappa shape index (κ3) is 9.31. The molecule has 0 unspecified atom stereocenters. The summed E-state index contributed by atoms with van der Waals surface area (Å²) in [6.45, 7) is 4.40. The van der Waals surface area contributed by atoms with Crippen LogP contribution in [0.15, 0.2) is 0 Å². The number of nitrogens with zero attached hydrogens (tertiary/aromatic N) is 1. The Kier molecular flexibility index (Phi) is 8.52. The summed E-state index contributed by atoms with van der Waals surface area (Å²) in [6, 6.07) is 0. The van der Waals surface area contributed by atoms with Gasteiger partial charge in [0.05, 0.1) is 0 Å². The molecule has 0 bridgehead atoms. The maximum atomic E-state index is 11.5. The van der Waals surface area contributed by atoms with Crippen LogP contribution in [0.2, 0.25) is 0 Å². The number of halogens is 3. The molecule has 0 fully saturated rings. The number of nitrogens with one attached hydrogen (secondary N) is 1. The van der Waals surface area contributed by atoms with Crippen LogP contribution in [0.25, 0.3) is 0 Å². The van der Waals surface area contributed by atoms with Gasteiger partial charge in [-0.2, -0.15) is 13.2 Å². The molecular formula is C8H17F3N2O. The maximum Gasteiger partial charge on any atom is 0.471 e. The summed E-state index contributed by atoms with van der Waals surface area (Å²) in [4.78, 5) is 11.9. The average molecular weight is 214 g/mol. The van der Waals surface area contributed by atoms with E-state index in [-0.39, 0.29) is 6.54 Å². The van der Waals surface area contributed by atoms with Gasteiger partial charge in [0.25, 0.3) is 0 Å². The Bertz CT molecular complexity index is 157. The van der Waals surface area contributed by atoms with Crippen LogP contribution in [0.4, 0.5) is 13.2 Å². The smallest absolute Gasteiger partial charge is 0.347 e. The molecule has 0 radical (unpaired) electrons. The summed E-state index contributed by atoms with van der Waals surface area (Å²) in [5.74, 6) is -1.88. The van der Waals surface area contributed by atoms with E-state index in [2.05, 4.69) is 0 Å². The molecule has 1 amide bonds. The van der Waals surface area contributed by atoms with Crippen LogP contribution in [0.1, 0.15) is 13.8 Å². The third-order valence-corrected chi connectivity index (χ3v) is 1.10. The lowest BCUT2D eigenvalue weighted by atomic mass is 10.5. The summed E-state index contributed by atoms with van der Waals surface area (Å²) >= 11 is 0. The molecule has 3 nitrogen and oxygen atoms in total. The van der Waals surface area contributed by atoms with Crippen molar-refractivity contribution in [3.63, 3.8) is 0 Å². The summed E-state index contributed by atoms with van der Waals surface area (Å²) in [7, 11) is 3.42. The Labute approximate surface area is 82.3 Å². The average Bonchev–Trinajstić information content (AvgIpc) is 2.05. The van der Waals surface area contributed by atoms with Crippen molar-refractivity contribution < 1.29 is 18.0 Å². The van der Waals surface area contributed by atoms with Crippen LogP contribution in [0.5, 0.6) is 0 Å². The van der Waals surface area contributed by atoms with Crippen molar-refractivity contribution in [1.29, 1.82) is 0 Å². The second-order valence-electron chi connectivity index (χ2n) is 2.56. The highest BCUT2D eigenvalue weighted by Gasteiger charge is 2.38. The highest BCUT2D eigenvalue weighted by atomic mass is 19.4. The lowest BCUT2D eigenvalue weighted by Gasteiger charge is -2.11. The molecular weight excluding hydrogens is 197 g/mol. The number of amides is 1. The summed E-state index contributed by atoms with van der Waals surface area (Å²) in [5.41, 5.74) is 0. The zero-order valence-electron chi connectivity index (χ0n) is 8.90. The van der Waals surface area contributed by atoms with Crippen LogP contribution >= 0.6 is 0 Å². The van der Waals surface area contributed by atoms with Gasteiger partial charge in [0.1, 0.15) is 0 Å². The first-order chi connectivity index (χ1) is 6.34. The summed E-state index contributed by atoms with van der Waals surface area (Å²) in [6.07, 6.45) is -4.77. The SMILES string of the molecule is CC.CN(C)CCNC(=O)C(F)(F)F. The summed E-state index contributed by atoms with van der Waals surface area (Å²) in [5, 5.41) is 1.75. The molecule has 0 spiro atoms. The quantitative estimate of drug-likeness (QED) is 0.767. The highest BCUT2D eigenvalue weighted by molar-refractivity contribution is 5.81. The van der Waals surface area contributed by atoms with E-state index in [0.29, 0.717) is 6.54 Å². The van der Waals surface area contributed by atoms with Gasteiger partial charge in [0.2, 0.25) is 0 Å². The Morgan fingerprint density at radius 3 is 2.00 bits per heavy atom. The number of hydrogen-bond donors (Lipinski definition) is 1. The predicted molar refractivity (Wildman–Crippen MR) is 49.0 cm³/mol. The lowest BCUT2D eigenvalue weighted by Crippen LogP contribution is -2.39. The van der Waals surface area contributed by atoms with Gasteiger partial charge < -0.3 is 10.2 Å². The number of likely N-dealkylation sites (N-methyl/N-ethyl adjacent to an activating group) is 1. The molecule has 0 saturated heterocycles.